The van der Waals surface area contributed by atoms with Crippen molar-refractivity contribution >= 4 is 11.9 Å². The highest BCUT2D eigenvalue weighted by atomic mass is 16.3. The van der Waals surface area contributed by atoms with Gasteiger partial charge in [-0.1, -0.05) is 30.3 Å². The number of aliphatic hydroxyl groups excluding tert-OH is 1. The minimum absolute atomic E-state index is 0.0590. The molecule has 1 heterocycles. The molecule has 3 amide bonds. The predicted octanol–water partition coefficient (Wildman–Crippen LogP) is 0.887. The van der Waals surface area contributed by atoms with E-state index in [-0.39, 0.29) is 24.5 Å². The second-order valence-electron chi connectivity index (χ2n) is 6.03. The van der Waals surface area contributed by atoms with Gasteiger partial charge in [0.05, 0.1) is 12.6 Å². The van der Waals surface area contributed by atoms with Crippen molar-refractivity contribution in [3.05, 3.63) is 35.9 Å². The van der Waals surface area contributed by atoms with Gasteiger partial charge < -0.3 is 21.1 Å². The van der Waals surface area contributed by atoms with E-state index in [0.29, 0.717) is 13.1 Å². The van der Waals surface area contributed by atoms with Crippen molar-refractivity contribution in [2.24, 2.45) is 11.7 Å². The lowest BCUT2D eigenvalue weighted by molar-refractivity contribution is -0.132. The molecule has 6 nitrogen and oxygen atoms in total. The van der Waals surface area contributed by atoms with Crippen LogP contribution >= 0.6 is 0 Å². The summed E-state index contributed by atoms with van der Waals surface area (Å²) in [4.78, 5) is 24.2. The van der Waals surface area contributed by atoms with Crippen LogP contribution in [0.5, 0.6) is 0 Å². The van der Waals surface area contributed by atoms with Crippen LogP contribution in [-0.2, 0) is 11.2 Å². The number of likely N-dealkylation sites (tertiary alicyclic amines) is 1. The monoisotopic (exact) mass is 319 g/mol. The second kappa shape index (κ2) is 8.53. The van der Waals surface area contributed by atoms with E-state index in [2.05, 4.69) is 17.4 Å². The molecule has 2 rings (SSSR count). The van der Waals surface area contributed by atoms with Crippen molar-refractivity contribution < 1.29 is 14.7 Å². The standard InChI is InChI=1S/C17H25N3O3/c18-17(23)19-12-16(22)20-10-8-14(9-11-20)15(21)7-6-13-4-2-1-3-5-13/h1-5,14-15,21H,6-12H2,(H3,18,19,23)/t15-/m0/s1. The van der Waals surface area contributed by atoms with E-state index in [1.165, 1.54) is 5.56 Å². The first-order chi connectivity index (χ1) is 11.1. The summed E-state index contributed by atoms with van der Waals surface area (Å²) >= 11 is 0. The lowest BCUT2D eigenvalue weighted by Gasteiger charge is -2.34. The van der Waals surface area contributed by atoms with E-state index in [1.54, 1.807) is 4.90 Å². The third-order valence-electron chi connectivity index (χ3n) is 4.42. The molecule has 1 aliphatic rings. The highest BCUT2D eigenvalue weighted by Gasteiger charge is 2.27. The first-order valence-electron chi connectivity index (χ1n) is 8.09. The van der Waals surface area contributed by atoms with Crippen LogP contribution in [0.4, 0.5) is 4.79 Å². The smallest absolute Gasteiger partial charge is 0.312 e. The summed E-state index contributed by atoms with van der Waals surface area (Å²) in [5.74, 6) is 0.105. The van der Waals surface area contributed by atoms with Gasteiger partial charge in [-0.05, 0) is 37.2 Å². The van der Waals surface area contributed by atoms with Gasteiger partial charge in [-0.3, -0.25) is 4.79 Å². The fraction of sp³-hybridized carbons (Fsp3) is 0.529. The molecule has 1 fully saturated rings. The van der Waals surface area contributed by atoms with Crippen LogP contribution in [0, 0.1) is 5.92 Å². The average molecular weight is 319 g/mol. The third-order valence-corrected chi connectivity index (χ3v) is 4.42. The highest BCUT2D eigenvalue weighted by molar-refractivity contribution is 5.83. The molecule has 1 aromatic carbocycles. The Kier molecular flexibility index (Phi) is 6.40. The Hall–Kier alpha value is -2.08. The number of carbonyl (C=O) groups is 2. The van der Waals surface area contributed by atoms with Crippen LogP contribution in [0.15, 0.2) is 30.3 Å². The fourth-order valence-corrected chi connectivity index (χ4v) is 3.00. The molecule has 126 valence electrons. The number of urea groups is 1. The van der Waals surface area contributed by atoms with Crippen molar-refractivity contribution in [2.45, 2.75) is 31.8 Å². The van der Waals surface area contributed by atoms with Gasteiger partial charge in [-0.25, -0.2) is 4.79 Å². The zero-order valence-electron chi connectivity index (χ0n) is 13.3. The molecule has 0 aliphatic carbocycles. The number of rotatable bonds is 6. The average Bonchev–Trinajstić information content (AvgIpc) is 2.58. The number of nitrogens with two attached hydrogens (primary N) is 1. The summed E-state index contributed by atoms with van der Waals surface area (Å²) in [6.45, 7) is 1.18. The number of hydrogen-bond acceptors (Lipinski definition) is 3. The molecular weight excluding hydrogens is 294 g/mol. The van der Waals surface area contributed by atoms with Crippen molar-refractivity contribution in [1.82, 2.24) is 10.2 Å². The SMILES string of the molecule is NC(=O)NCC(=O)N1CCC([C@@H](O)CCc2ccccc2)CC1. The number of carbonyl (C=O) groups excluding carboxylic acids is 2. The van der Waals surface area contributed by atoms with E-state index in [9.17, 15) is 14.7 Å². The van der Waals surface area contributed by atoms with Crippen LogP contribution in [0.1, 0.15) is 24.8 Å². The number of aliphatic hydroxyl groups is 1. The summed E-state index contributed by atoms with van der Waals surface area (Å²) in [6, 6.07) is 9.45. The van der Waals surface area contributed by atoms with Crippen LogP contribution in [0.2, 0.25) is 0 Å². The predicted molar refractivity (Wildman–Crippen MR) is 87.7 cm³/mol. The number of hydrogen-bond donors (Lipinski definition) is 3. The minimum Gasteiger partial charge on any atom is -0.393 e. The molecule has 0 spiro atoms. The molecule has 0 bridgehead atoms. The van der Waals surface area contributed by atoms with Gasteiger partial charge in [-0.2, -0.15) is 0 Å². The van der Waals surface area contributed by atoms with E-state index < -0.39 is 6.03 Å². The van der Waals surface area contributed by atoms with Gasteiger partial charge in [0.2, 0.25) is 5.91 Å². The maximum Gasteiger partial charge on any atom is 0.312 e. The van der Waals surface area contributed by atoms with Crippen LogP contribution in [-0.4, -0.2) is 47.7 Å². The summed E-state index contributed by atoms with van der Waals surface area (Å²) < 4.78 is 0. The summed E-state index contributed by atoms with van der Waals surface area (Å²) in [5, 5.41) is 12.7. The molecule has 1 atom stereocenters. The Morgan fingerprint density at radius 1 is 1.26 bits per heavy atom. The normalized spacial score (nSPS) is 16.8. The fourth-order valence-electron chi connectivity index (χ4n) is 3.00. The molecule has 0 saturated carbocycles. The quantitative estimate of drug-likeness (QED) is 0.726. The van der Waals surface area contributed by atoms with Crippen LogP contribution in [0.3, 0.4) is 0 Å². The molecule has 0 unspecified atom stereocenters. The number of piperidine rings is 1. The van der Waals surface area contributed by atoms with E-state index >= 15 is 0 Å². The number of primary amides is 1. The van der Waals surface area contributed by atoms with Crippen LogP contribution < -0.4 is 11.1 Å². The summed E-state index contributed by atoms with van der Waals surface area (Å²) in [6.07, 6.45) is 2.85. The Balaban J connectivity index is 1.71. The third kappa shape index (κ3) is 5.56. The molecule has 1 aliphatic heterocycles. The second-order valence-corrected chi connectivity index (χ2v) is 6.03. The Bertz CT molecular complexity index is 513. The van der Waals surface area contributed by atoms with E-state index in [4.69, 9.17) is 5.73 Å². The van der Waals surface area contributed by atoms with E-state index in [1.807, 2.05) is 18.2 Å². The number of benzene rings is 1. The molecule has 23 heavy (non-hydrogen) atoms. The lowest BCUT2D eigenvalue weighted by Crippen LogP contribution is -2.46. The lowest BCUT2D eigenvalue weighted by atomic mass is 9.88. The number of nitrogens with one attached hydrogen (secondary N) is 1. The summed E-state index contributed by atoms with van der Waals surface area (Å²) in [7, 11) is 0. The molecule has 0 aromatic heterocycles. The van der Waals surface area contributed by atoms with Gasteiger partial charge in [0.1, 0.15) is 0 Å². The first kappa shape index (κ1) is 17.3. The molecular formula is C17H25N3O3. The molecule has 6 heteroatoms. The number of aryl methyl sites for hydroxylation is 1. The minimum atomic E-state index is -0.690. The zero-order chi connectivity index (χ0) is 16.7. The summed E-state index contributed by atoms with van der Waals surface area (Å²) in [5.41, 5.74) is 6.19. The van der Waals surface area contributed by atoms with Crippen molar-refractivity contribution in [3.63, 3.8) is 0 Å². The maximum atomic E-state index is 11.9. The van der Waals surface area contributed by atoms with Crippen LogP contribution in [0.25, 0.3) is 0 Å². The largest absolute Gasteiger partial charge is 0.393 e. The Labute approximate surface area is 136 Å². The molecule has 0 radical (unpaired) electrons. The van der Waals surface area contributed by atoms with Crippen molar-refractivity contribution in [3.8, 4) is 0 Å². The Morgan fingerprint density at radius 3 is 2.52 bits per heavy atom. The van der Waals surface area contributed by atoms with Gasteiger partial charge in [-0.15, -0.1) is 0 Å². The first-order valence-corrected chi connectivity index (χ1v) is 8.09. The number of amides is 3. The van der Waals surface area contributed by atoms with E-state index in [0.717, 1.165) is 25.7 Å². The highest BCUT2D eigenvalue weighted by Crippen LogP contribution is 2.23. The van der Waals surface area contributed by atoms with Gasteiger partial charge in [0, 0.05) is 13.1 Å². The topological polar surface area (TPSA) is 95.7 Å². The van der Waals surface area contributed by atoms with Gasteiger partial charge >= 0.3 is 6.03 Å². The molecule has 1 saturated heterocycles. The molecule has 4 N–H and O–H groups in total. The maximum absolute atomic E-state index is 11.9. The zero-order valence-corrected chi connectivity index (χ0v) is 13.3. The Morgan fingerprint density at radius 2 is 1.91 bits per heavy atom. The van der Waals surface area contributed by atoms with Gasteiger partial charge in [0.25, 0.3) is 0 Å². The number of nitrogens with zero attached hydrogens (tertiary/aromatic N) is 1. The van der Waals surface area contributed by atoms with Gasteiger partial charge in [0.15, 0.2) is 0 Å². The van der Waals surface area contributed by atoms with Crippen molar-refractivity contribution in [1.29, 1.82) is 0 Å². The van der Waals surface area contributed by atoms with Crippen molar-refractivity contribution in [2.75, 3.05) is 19.6 Å². The molecule has 1 aromatic rings.